The van der Waals surface area contributed by atoms with Crippen molar-refractivity contribution in [1.82, 2.24) is 10.6 Å². The highest BCUT2D eigenvalue weighted by Crippen LogP contribution is 2.00. The largest absolute Gasteiger partial charge is 0.311 e. The number of nitrogens with zero attached hydrogens (tertiary/aromatic N) is 1. The second-order valence-corrected chi connectivity index (χ2v) is 3.11. The van der Waals surface area contributed by atoms with Gasteiger partial charge in [-0.15, -0.1) is 0 Å². The highest BCUT2D eigenvalue weighted by atomic mass is 15.1. The average molecular weight is 141 g/mol. The first-order valence-corrected chi connectivity index (χ1v) is 4.23. The summed E-state index contributed by atoms with van der Waals surface area (Å²) in [6, 6.07) is 1.20. The van der Waals surface area contributed by atoms with Gasteiger partial charge in [0.15, 0.2) is 0 Å². The van der Waals surface area contributed by atoms with E-state index in [0.717, 1.165) is 13.1 Å². The molecule has 1 aliphatic rings. The van der Waals surface area contributed by atoms with Crippen LogP contribution < -0.4 is 10.6 Å². The van der Waals surface area contributed by atoms with Crippen LogP contribution in [-0.2, 0) is 0 Å². The lowest BCUT2D eigenvalue weighted by molar-refractivity contribution is 0.339. The van der Waals surface area contributed by atoms with Gasteiger partial charge in [0.05, 0.1) is 0 Å². The molecule has 0 aromatic heterocycles. The van der Waals surface area contributed by atoms with E-state index >= 15 is 0 Å². The molecule has 0 aromatic rings. The molecule has 0 spiro atoms. The summed E-state index contributed by atoms with van der Waals surface area (Å²) in [5.41, 5.74) is 0. The minimum atomic E-state index is 0.535. The van der Waals surface area contributed by atoms with Crippen molar-refractivity contribution in [2.24, 2.45) is 0 Å². The number of hydrogen-bond acceptors (Lipinski definition) is 1. The fraction of sp³-hybridized carbons (Fsp3) is 1.00. The maximum Gasteiger partial charge on any atom is 0.0343 e. The summed E-state index contributed by atoms with van der Waals surface area (Å²) in [6.45, 7) is 6.48. The van der Waals surface area contributed by atoms with Gasteiger partial charge >= 0.3 is 0 Å². The molecule has 1 rings (SSSR count). The Labute approximate surface area is 63.4 Å². The van der Waals surface area contributed by atoms with Crippen molar-refractivity contribution < 1.29 is 0 Å². The lowest BCUT2D eigenvalue weighted by Gasteiger charge is -2.27. The Bertz CT molecular complexity index is 85.3. The van der Waals surface area contributed by atoms with Gasteiger partial charge in [-0.25, -0.2) is 5.32 Å². The van der Waals surface area contributed by atoms with Gasteiger partial charge in [0, 0.05) is 25.2 Å². The Hall–Kier alpha value is -0.0800. The van der Waals surface area contributed by atoms with Crippen LogP contribution in [0.3, 0.4) is 0 Å². The Morgan fingerprint density at radius 3 is 2.90 bits per heavy atom. The molecule has 2 nitrogen and oxygen atoms in total. The quantitative estimate of drug-likeness (QED) is 0.603. The summed E-state index contributed by atoms with van der Waals surface area (Å²) in [5, 5.41) is 7.94. The first-order valence-electron chi connectivity index (χ1n) is 4.23. The van der Waals surface area contributed by atoms with Crippen molar-refractivity contribution in [1.29, 1.82) is 0 Å². The summed E-state index contributed by atoms with van der Waals surface area (Å²) in [6.07, 6.45) is 2.54. The van der Waals surface area contributed by atoms with Crippen molar-refractivity contribution in [3.05, 3.63) is 0 Å². The van der Waals surface area contributed by atoms with Gasteiger partial charge in [0.25, 0.3) is 0 Å². The Morgan fingerprint density at radius 1 is 1.60 bits per heavy atom. The molecule has 0 aromatic carbocycles. The van der Waals surface area contributed by atoms with Gasteiger partial charge in [-0.3, -0.25) is 0 Å². The topological polar surface area (TPSA) is 26.1 Å². The minimum Gasteiger partial charge on any atom is -0.311 e. The van der Waals surface area contributed by atoms with Crippen LogP contribution in [0.15, 0.2) is 0 Å². The van der Waals surface area contributed by atoms with E-state index in [4.69, 9.17) is 0 Å². The maximum atomic E-state index is 4.47. The summed E-state index contributed by atoms with van der Waals surface area (Å²) < 4.78 is 0. The molecular formula is C8H17N2. The zero-order valence-corrected chi connectivity index (χ0v) is 6.93. The molecular weight excluding hydrogens is 124 g/mol. The first kappa shape index (κ1) is 8.02. The molecule has 0 bridgehead atoms. The maximum absolute atomic E-state index is 4.47. The van der Waals surface area contributed by atoms with Crippen LogP contribution in [0.1, 0.15) is 26.7 Å². The van der Waals surface area contributed by atoms with Crippen LogP contribution in [0.4, 0.5) is 0 Å². The molecule has 0 amide bonds. The van der Waals surface area contributed by atoms with Gasteiger partial charge < -0.3 is 5.32 Å². The van der Waals surface area contributed by atoms with E-state index in [1.165, 1.54) is 12.8 Å². The third-order valence-electron chi connectivity index (χ3n) is 1.98. The van der Waals surface area contributed by atoms with Crippen molar-refractivity contribution in [2.45, 2.75) is 38.8 Å². The SMILES string of the molecule is CCCC1C[N]C(C)CN1. The third-order valence-corrected chi connectivity index (χ3v) is 1.98. The summed E-state index contributed by atoms with van der Waals surface area (Å²) in [5.74, 6) is 0. The minimum absolute atomic E-state index is 0.535. The molecule has 2 heteroatoms. The fourth-order valence-electron chi connectivity index (χ4n) is 1.32. The van der Waals surface area contributed by atoms with E-state index in [1.54, 1.807) is 0 Å². The molecule has 2 unspecified atom stereocenters. The molecule has 1 aliphatic heterocycles. The van der Waals surface area contributed by atoms with E-state index in [1.807, 2.05) is 0 Å². The van der Waals surface area contributed by atoms with Crippen LogP contribution in [0.2, 0.25) is 0 Å². The highest BCUT2D eigenvalue weighted by molar-refractivity contribution is 4.79. The Morgan fingerprint density at radius 2 is 2.40 bits per heavy atom. The molecule has 0 saturated carbocycles. The molecule has 1 radical (unpaired) electrons. The molecule has 0 aliphatic carbocycles. The van der Waals surface area contributed by atoms with Crippen molar-refractivity contribution in [3.63, 3.8) is 0 Å². The van der Waals surface area contributed by atoms with Crippen LogP contribution in [0, 0.1) is 0 Å². The van der Waals surface area contributed by atoms with Gasteiger partial charge in [-0.1, -0.05) is 13.3 Å². The van der Waals surface area contributed by atoms with Crippen LogP contribution in [0.5, 0.6) is 0 Å². The first-order chi connectivity index (χ1) is 4.83. The molecule has 1 heterocycles. The van der Waals surface area contributed by atoms with Gasteiger partial charge in [0.1, 0.15) is 0 Å². The second-order valence-electron chi connectivity index (χ2n) is 3.11. The second kappa shape index (κ2) is 3.94. The standard InChI is InChI=1S/C8H17N2/c1-3-4-8-6-9-7(2)5-10-8/h7-8,10H,3-6H2,1-2H3. The average Bonchev–Trinajstić information content (AvgIpc) is 1.95. The Balaban J connectivity index is 2.13. The van der Waals surface area contributed by atoms with Crippen molar-refractivity contribution >= 4 is 0 Å². The predicted molar refractivity (Wildman–Crippen MR) is 43.2 cm³/mol. The van der Waals surface area contributed by atoms with E-state index < -0.39 is 0 Å². The lowest BCUT2D eigenvalue weighted by Crippen LogP contribution is -2.49. The van der Waals surface area contributed by atoms with E-state index in [2.05, 4.69) is 24.5 Å². The normalized spacial score (nSPS) is 34.2. The van der Waals surface area contributed by atoms with E-state index in [9.17, 15) is 0 Å². The number of nitrogens with one attached hydrogen (secondary N) is 1. The van der Waals surface area contributed by atoms with Gasteiger partial charge in [0.2, 0.25) is 0 Å². The molecule has 1 N–H and O–H groups in total. The number of piperazine rings is 1. The smallest absolute Gasteiger partial charge is 0.0343 e. The van der Waals surface area contributed by atoms with Crippen LogP contribution in [-0.4, -0.2) is 25.2 Å². The zero-order valence-electron chi connectivity index (χ0n) is 6.93. The predicted octanol–water partition coefficient (Wildman–Crippen LogP) is 0.751. The highest BCUT2D eigenvalue weighted by Gasteiger charge is 2.15. The van der Waals surface area contributed by atoms with E-state index in [-0.39, 0.29) is 0 Å². The zero-order chi connectivity index (χ0) is 7.40. The number of rotatable bonds is 2. The number of hydrogen-bond donors (Lipinski definition) is 1. The van der Waals surface area contributed by atoms with Gasteiger partial charge in [-0.05, 0) is 13.3 Å². The summed E-state index contributed by atoms with van der Waals surface area (Å²) in [7, 11) is 0. The molecule has 1 saturated heterocycles. The van der Waals surface area contributed by atoms with Crippen LogP contribution in [0.25, 0.3) is 0 Å². The summed E-state index contributed by atoms with van der Waals surface area (Å²) >= 11 is 0. The monoisotopic (exact) mass is 141 g/mol. The fourth-order valence-corrected chi connectivity index (χ4v) is 1.32. The Kier molecular flexibility index (Phi) is 3.16. The molecule has 59 valence electrons. The molecule has 2 atom stereocenters. The van der Waals surface area contributed by atoms with Crippen LogP contribution >= 0.6 is 0 Å². The van der Waals surface area contributed by atoms with Crippen molar-refractivity contribution in [2.75, 3.05) is 13.1 Å². The third kappa shape index (κ3) is 2.27. The van der Waals surface area contributed by atoms with Gasteiger partial charge in [-0.2, -0.15) is 0 Å². The van der Waals surface area contributed by atoms with E-state index in [0.29, 0.717) is 12.1 Å². The molecule has 10 heavy (non-hydrogen) atoms. The van der Waals surface area contributed by atoms with Crippen molar-refractivity contribution in [3.8, 4) is 0 Å². The summed E-state index contributed by atoms with van der Waals surface area (Å²) in [4.78, 5) is 0. The molecule has 1 fully saturated rings. The lowest BCUT2D eigenvalue weighted by atomic mass is 10.1.